The molecular formula is C13H9F3N4O. The van der Waals surface area contributed by atoms with Crippen LogP contribution in [0.2, 0.25) is 0 Å². The standard InChI is InChI=1S/C13H9F3N4O/c14-13(15,16)11-10-2-1-7-19(10)12(21)20(18-11)8-9-3-5-17-6-4-9/h1-7H,8H2. The third-order valence-electron chi connectivity index (χ3n) is 2.99. The second kappa shape index (κ2) is 4.72. The number of aromatic nitrogens is 4. The average Bonchev–Trinajstić information content (AvgIpc) is 2.91. The van der Waals surface area contributed by atoms with Gasteiger partial charge in [-0.15, -0.1) is 0 Å². The molecule has 0 amide bonds. The Morgan fingerprint density at radius 1 is 1.14 bits per heavy atom. The highest BCUT2D eigenvalue weighted by atomic mass is 19.4. The first-order chi connectivity index (χ1) is 9.97. The van der Waals surface area contributed by atoms with Gasteiger partial charge in [-0.3, -0.25) is 9.38 Å². The molecule has 5 nitrogen and oxygen atoms in total. The third-order valence-corrected chi connectivity index (χ3v) is 2.99. The van der Waals surface area contributed by atoms with Crippen LogP contribution >= 0.6 is 0 Å². The fraction of sp³-hybridized carbons (Fsp3) is 0.154. The molecular weight excluding hydrogens is 285 g/mol. The number of rotatable bonds is 2. The molecule has 0 aromatic carbocycles. The van der Waals surface area contributed by atoms with Gasteiger partial charge in [0.1, 0.15) is 0 Å². The van der Waals surface area contributed by atoms with Gasteiger partial charge in [-0.2, -0.15) is 18.3 Å². The van der Waals surface area contributed by atoms with Gasteiger partial charge in [0.25, 0.3) is 0 Å². The van der Waals surface area contributed by atoms with Gasteiger partial charge in [0.05, 0.1) is 12.1 Å². The number of fused-ring (bicyclic) bond motifs is 1. The first kappa shape index (κ1) is 13.3. The lowest BCUT2D eigenvalue weighted by Gasteiger charge is -2.12. The molecule has 108 valence electrons. The number of hydrogen-bond acceptors (Lipinski definition) is 3. The molecule has 3 aromatic rings. The Kier molecular flexibility index (Phi) is 3.00. The minimum atomic E-state index is -4.63. The zero-order valence-electron chi connectivity index (χ0n) is 10.6. The van der Waals surface area contributed by atoms with Gasteiger partial charge in [0, 0.05) is 18.6 Å². The zero-order valence-corrected chi connectivity index (χ0v) is 10.6. The van der Waals surface area contributed by atoms with Crippen LogP contribution < -0.4 is 5.69 Å². The lowest BCUT2D eigenvalue weighted by atomic mass is 10.3. The fourth-order valence-electron chi connectivity index (χ4n) is 2.05. The van der Waals surface area contributed by atoms with Gasteiger partial charge in [-0.05, 0) is 29.8 Å². The predicted molar refractivity (Wildman–Crippen MR) is 67.8 cm³/mol. The highest BCUT2D eigenvalue weighted by Crippen LogP contribution is 2.30. The zero-order chi connectivity index (χ0) is 15.0. The molecule has 0 saturated heterocycles. The number of pyridine rings is 1. The Hall–Kier alpha value is -2.64. The highest BCUT2D eigenvalue weighted by Gasteiger charge is 2.36. The predicted octanol–water partition coefficient (Wildman–Crippen LogP) is 1.96. The van der Waals surface area contributed by atoms with Crippen LogP contribution in [0.5, 0.6) is 0 Å². The van der Waals surface area contributed by atoms with Crippen molar-refractivity contribution >= 4 is 5.52 Å². The molecule has 0 unspecified atom stereocenters. The maximum Gasteiger partial charge on any atom is 0.437 e. The van der Waals surface area contributed by atoms with Crippen molar-refractivity contribution in [2.75, 3.05) is 0 Å². The molecule has 0 bridgehead atoms. The maximum absolute atomic E-state index is 13.0. The average molecular weight is 294 g/mol. The molecule has 0 N–H and O–H groups in total. The molecule has 0 aliphatic rings. The molecule has 0 spiro atoms. The van der Waals surface area contributed by atoms with Crippen LogP contribution in [0.3, 0.4) is 0 Å². The van der Waals surface area contributed by atoms with Gasteiger partial charge in [0.15, 0.2) is 5.69 Å². The lowest BCUT2D eigenvalue weighted by Crippen LogP contribution is -2.32. The van der Waals surface area contributed by atoms with Crippen molar-refractivity contribution in [2.45, 2.75) is 12.7 Å². The number of nitrogens with zero attached hydrogens (tertiary/aromatic N) is 4. The second-order valence-corrected chi connectivity index (χ2v) is 4.41. The Morgan fingerprint density at radius 3 is 2.52 bits per heavy atom. The van der Waals surface area contributed by atoms with Gasteiger partial charge < -0.3 is 0 Å². The minimum absolute atomic E-state index is 0.0570. The molecule has 3 heterocycles. The van der Waals surface area contributed by atoms with Crippen LogP contribution in [0.15, 0.2) is 47.7 Å². The molecule has 21 heavy (non-hydrogen) atoms. The van der Waals surface area contributed by atoms with E-state index in [1.807, 2.05) is 0 Å². The van der Waals surface area contributed by atoms with Crippen LogP contribution in [-0.4, -0.2) is 19.2 Å². The van der Waals surface area contributed by atoms with Crippen LogP contribution in [0.1, 0.15) is 11.3 Å². The molecule has 3 rings (SSSR count). The molecule has 0 aliphatic carbocycles. The van der Waals surface area contributed by atoms with Crippen molar-refractivity contribution in [1.29, 1.82) is 0 Å². The Balaban J connectivity index is 2.19. The first-order valence-corrected chi connectivity index (χ1v) is 6.01. The van der Waals surface area contributed by atoms with Gasteiger partial charge in [-0.25, -0.2) is 9.48 Å². The largest absolute Gasteiger partial charge is 0.437 e. The molecule has 3 aromatic heterocycles. The monoisotopic (exact) mass is 294 g/mol. The molecule has 0 aliphatic heterocycles. The normalized spacial score (nSPS) is 12.0. The summed E-state index contributed by atoms with van der Waals surface area (Å²) >= 11 is 0. The quantitative estimate of drug-likeness (QED) is 0.726. The van der Waals surface area contributed by atoms with Crippen LogP contribution in [0, 0.1) is 0 Å². The van der Waals surface area contributed by atoms with E-state index >= 15 is 0 Å². The van der Waals surface area contributed by atoms with Crippen molar-refractivity contribution in [3.05, 3.63) is 64.6 Å². The van der Waals surface area contributed by atoms with E-state index in [1.54, 1.807) is 12.1 Å². The summed E-state index contributed by atoms with van der Waals surface area (Å²) in [5, 5.41) is 3.48. The van der Waals surface area contributed by atoms with Gasteiger partial charge >= 0.3 is 11.9 Å². The summed E-state index contributed by atoms with van der Waals surface area (Å²) in [4.78, 5) is 16.0. The van der Waals surface area contributed by atoms with E-state index in [4.69, 9.17) is 0 Å². The van der Waals surface area contributed by atoms with Crippen LogP contribution in [0.25, 0.3) is 5.52 Å². The topological polar surface area (TPSA) is 52.2 Å². The van der Waals surface area contributed by atoms with E-state index in [2.05, 4.69) is 10.1 Å². The Morgan fingerprint density at radius 2 is 1.86 bits per heavy atom. The summed E-state index contributed by atoms with van der Waals surface area (Å²) in [6.07, 6.45) is -0.344. The van der Waals surface area contributed by atoms with E-state index < -0.39 is 17.6 Å². The number of halogens is 3. The van der Waals surface area contributed by atoms with Crippen molar-refractivity contribution in [3.8, 4) is 0 Å². The number of alkyl halides is 3. The van der Waals surface area contributed by atoms with E-state index in [1.165, 1.54) is 30.7 Å². The fourth-order valence-corrected chi connectivity index (χ4v) is 2.05. The molecule has 0 fully saturated rings. The number of hydrogen-bond donors (Lipinski definition) is 0. The summed E-state index contributed by atoms with van der Waals surface area (Å²) in [7, 11) is 0. The second-order valence-electron chi connectivity index (χ2n) is 4.41. The van der Waals surface area contributed by atoms with E-state index in [-0.39, 0.29) is 12.1 Å². The third kappa shape index (κ3) is 2.39. The van der Waals surface area contributed by atoms with Gasteiger partial charge in [-0.1, -0.05) is 0 Å². The van der Waals surface area contributed by atoms with E-state index in [0.29, 0.717) is 5.56 Å². The Bertz CT molecular complexity index is 836. The lowest BCUT2D eigenvalue weighted by molar-refractivity contribution is -0.141. The SMILES string of the molecule is O=c1n(Cc2ccncc2)nc(C(F)(F)F)c2cccn12. The van der Waals surface area contributed by atoms with Gasteiger partial charge in [0.2, 0.25) is 0 Å². The van der Waals surface area contributed by atoms with Crippen molar-refractivity contribution < 1.29 is 13.2 Å². The van der Waals surface area contributed by atoms with Crippen molar-refractivity contribution in [1.82, 2.24) is 19.2 Å². The van der Waals surface area contributed by atoms with Crippen LogP contribution in [0.4, 0.5) is 13.2 Å². The van der Waals surface area contributed by atoms with E-state index in [9.17, 15) is 18.0 Å². The van der Waals surface area contributed by atoms with Crippen molar-refractivity contribution in [3.63, 3.8) is 0 Å². The first-order valence-electron chi connectivity index (χ1n) is 6.01. The summed E-state index contributed by atoms with van der Waals surface area (Å²) < 4.78 is 40.9. The van der Waals surface area contributed by atoms with Crippen molar-refractivity contribution in [2.24, 2.45) is 0 Å². The smallest absolute Gasteiger partial charge is 0.266 e. The summed E-state index contributed by atoms with van der Waals surface area (Å²) in [6.45, 7) is -0.0570. The summed E-state index contributed by atoms with van der Waals surface area (Å²) in [5.74, 6) is 0. The minimum Gasteiger partial charge on any atom is -0.266 e. The summed E-state index contributed by atoms with van der Waals surface area (Å²) in [6, 6.07) is 5.82. The molecule has 0 saturated carbocycles. The Labute approximate surface area is 116 Å². The highest BCUT2D eigenvalue weighted by molar-refractivity contribution is 5.52. The summed E-state index contributed by atoms with van der Waals surface area (Å²) in [5.41, 5.74) is -1.32. The molecule has 0 radical (unpaired) electrons. The molecule has 8 heteroatoms. The van der Waals surface area contributed by atoms with Crippen LogP contribution in [-0.2, 0) is 12.7 Å². The molecule has 0 atom stereocenters. The maximum atomic E-state index is 13.0. The van der Waals surface area contributed by atoms with E-state index in [0.717, 1.165) is 9.08 Å².